The quantitative estimate of drug-likeness (QED) is 0.605. The fourth-order valence-electron chi connectivity index (χ4n) is 2.83. The number of halogens is 4. The van der Waals surface area contributed by atoms with Crippen molar-refractivity contribution in [2.75, 3.05) is 32.5 Å². The van der Waals surface area contributed by atoms with Crippen molar-refractivity contribution >= 4 is 29.2 Å². The Morgan fingerprint density at radius 1 is 1.16 bits per heavy atom. The number of methoxy groups -OCH3 is 2. The van der Waals surface area contributed by atoms with Crippen LogP contribution in [0.5, 0.6) is 11.6 Å². The Hall–Kier alpha value is -3.31. The number of esters is 2. The molecule has 0 bridgehead atoms. The second kappa shape index (κ2) is 9.45. The summed E-state index contributed by atoms with van der Waals surface area (Å²) in [6.45, 7) is -0.247. The number of ether oxygens (including phenoxy) is 4. The number of alkyl halides is 3. The van der Waals surface area contributed by atoms with E-state index in [0.29, 0.717) is 18.0 Å². The molecule has 0 fully saturated rings. The Bertz CT molecular complexity index is 1070. The molecule has 2 heterocycles. The summed E-state index contributed by atoms with van der Waals surface area (Å²) in [7, 11) is 2.33. The third-order valence-electron chi connectivity index (χ3n) is 4.31. The molecule has 0 saturated heterocycles. The van der Waals surface area contributed by atoms with Crippen LogP contribution in [0.2, 0.25) is 5.02 Å². The number of carbonyl (C=O) groups is 2. The lowest BCUT2D eigenvalue weighted by molar-refractivity contribution is -0.140. The normalized spacial score (nSPS) is 14.2. The van der Waals surface area contributed by atoms with Crippen molar-refractivity contribution in [1.82, 2.24) is 4.98 Å². The fraction of sp³-hybridized carbons (Fsp3) is 0.250. The van der Waals surface area contributed by atoms with E-state index in [2.05, 4.69) is 4.98 Å². The number of aromatic nitrogens is 1. The monoisotopic (exact) mass is 472 g/mol. The maximum Gasteiger partial charge on any atom is 0.417 e. The van der Waals surface area contributed by atoms with Crippen LogP contribution in [0.4, 0.5) is 18.9 Å². The SMILES string of the molecule is COC(=O)C1=C(C(=O)OC)N(c2cccc(Oc3ncc(C(F)(F)F)cc3Cl)c2)COC1. The number of pyridine rings is 1. The summed E-state index contributed by atoms with van der Waals surface area (Å²) in [5.74, 6) is -1.63. The lowest BCUT2D eigenvalue weighted by atomic mass is 10.1. The minimum absolute atomic E-state index is 0.0376. The Morgan fingerprint density at radius 3 is 2.50 bits per heavy atom. The van der Waals surface area contributed by atoms with Gasteiger partial charge in [0.2, 0.25) is 5.88 Å². The largest absolute Gasteiger partial charge is 0.466 e. The van der Waals surface area contributed by atoms with Crippen molar-refractivity contribution in [2.24, 2.45) is 0 Å². The zero-order valence-electron chi connectivity index (χ0n) is 16.7. The van der Waals surface area contributed by atoms with E-state index in [1.807, 2.05) is 0 Å². The van der Waals surface area contributed by atoms with Crippen LogP contribution in [0.1, 0.15) is 5.56 Å². The summed E-state index contributed by atoms with van der Waals surface area (Å²) in [5.41, 5.74) is -0.762. The second-order valence-electron chi connectivity index (χ2n) is 6.32. The van der Waals surface area contributed by atoms with E-state index in [1.54, 1.807) is 12.1 Å². The molecule has 1 aliphatic rings. The van der Waals surface area contributed by atoms with Crippen LogP contribution in [-0.4, -0.2) is 44.5 Å². The standard InChI is InChI=1S/C20H16ClF3N2O6/c1-29-18(27)14-9-31-10-26(16(14)19(28)30-2)12-4-3-5-13(7-12)32-17-15(21)6-11(8-25-17)20(22,23)24/h3-8H,9-10H2,1-2H3. The van der Waals surface area contributed by atoms with Gasteiger partial charge in [0, 0.05) is 18.0 Å². The molecule has 0 spiro atoms. The molecule has 0 amide bonds. The maximum atomic E-state index is 12.8. The zero-order chi connectivity index (χ0) is 23.5. The van der Waals surface area contributed by atoms with Gasteiger partial charge in [0.25, 0.3) is 0 Å². The summed E-state index contributed by atoms with van der Waals surface area (Å²) < 4.78 is 58.8. The van der Waals surface area contributed by atoms with Gasteiger partial charge in [-0.05, 0) is 18.2 Å². The van der Waals surface area contributed by atoms with E-state index < -0.39 is 23.7 Å². The molecule has 2 aromatic rings. The number of hydrogen-bond donors (Lipinski definition) is 0. The van der Waals surface area contributed by atoms with Crippen LogP contribution in [-0.2, 0) is 30.0 Å². The Labute approximate surface area is 185 Å². The van der Waals surface area contributed by atoms with Crippen molar-refractivity contribution in [3.05, 3.63) is 58.4 Å². The van der Waals surface area contributed by atoms with E-state index in [4.69, 9.17) is 30.5 Å². The van der Waals surface area contributed by atoms with Gasteiger partial charge >= 0.3 is 18.1 Å². The van der Waals surface area contributed by atoms with Gasteiger partial charge in [0.1, 0.15) is 23.2 Å². The van der Waals surface area contributed by atoms with E-state index in [0.717, 1.165) is 7.11 Å². The minimum Gasteiger partial charge on any atom is -0.466 e. The third-order valence-corrected chi connectivity index (χ3v) is 4.58. The molecule has 12 heteroatoms. The molecule has 1 aromatic heterocycles. The summed E-state index contributed by atoms with van der Waals surface area (Å²) in [4.78, 5) is 29.5. The van der Waals surface area contributed by atoms with Crippen molar-refractivity contribution in [3.63, 3.8) is 0 Å². The predicted octanol–water partition coefficient (Wildman–Crippen LogP) is 3.94. The second-order valence-corrected chi connectivity index (χ2v) is 6.73. The van der Waals surface area contributed by atoms with Crippen molar-refractivity contribution in [3.8, 4) is 11.6 Å². The molecule has 3 rings (SSSR count). The molecule has 32 heavy (non-hydrogen) atoms. The molecule has 8 nitrogen and oxygen atoms in total. The van der Waals surface area contributed by atoms with Crippen molar-refractivity contribution in [1.29, 1.82) is 0 Å². The summed E-state index contributed by atoms with van der Waals surface area (Å²) >= 11 is 5.89. The Balaban J connectivity index is 1.95. The third kappa shape index (κ3) is 4.94. The number of hydrogen-bond acceptors (Lipinski definition) is 8. The Morgan fingerprint density at radius 2 is 1.88 bits per heavy atom. The van der Waals surface area contributed by atoms with Crippen LogP contribution >= 0.6 is 11.6 Å². The highest BCUT2D eigenvalue weighted by atomic mass is 35.5. The van der Waals surface area contributed by atoms with Gasteiger partial charge in [0.15, 0.2) is 0 Å². The molecular formula is C20H16ClF3N2O6. The van der Waals surface area contributed by atoms with Crippen molar-refractivity contribution in [2.45, 2.75) is 6.18 Å². The highest BCUT2D eigenvalue weighted by molar-refractivity contribution is 6.31. The number of nitrogens with zero attached hydrogens (tertiary/aromatic N) is 2. The summed E-state index contributed by atoms with van der Waals surface area (Å²) in [6, 6.07) is 6.83. The highest BCUT2D eigenvalue weighted by Gasteiger charge is 2.33. The van der Waals surface area contributed by atoms with Gasteiger partial charge in [0.05, 0.1) is 32.0 Å². The van der Waals surface area contributed by atoms with Gasteiger partial charge < -0.3 is 23.8 Å². The number of anilines is 1. The topological polar surface area (TPSA) is 87.2 Å². The number of benzene rings is 1. The maximum absolute atomic E-state index is 12.8. The fourth-order valence-corrected chi connectivity index (χ4v) is 3.03. The highest BCUT2D eigenvalue weighted by Crippen LogP contribution is 2.36. The molecule has 0 N–H and O–H groups in total. The summed E-state index contributed by atoms with van der Waals surface area (Å²) in [5, 5.41) is -0.338. The zero-order valence-corrected chi connectivity index (χ0v) is 17.5. The van der Waals surface area contributed by atoms with Gasteiger partial charge in [-0.25, -0.2) is 14.6 Å². The van der Waals surface area contributed by atoms with Gasteiger partial charge in [-0.1, -0.05) is 17.7 Å². The average molecular weight is 473 g/mol. The lowest BCUT2D eigenvalue weighted by Gasteiger charge is -2.31. The predicted molar refractivity (Wildman–Crippen MR) is 105 cm³/mol. The minimum atomic E-state index is -4.60. The van der Waals surface area contributed by atoms with Crippen LogP contribution < -0.4 is 9.64 Å². The van der Waals surface area contributed by atoms with E-state index in [-0.39, 0.29) is 41.3 Å². The Kier molecular flexibility index (Phi) is 6.90. The lowest BCUT2D eigenvalue weighted by Crippen LogP contribution is -2.38. The first-order chi connectivity index (χ1) is 15.2. The molecule has 0 saturated carbocycles. The van der Waals surface area contributed by atoms with Crippen molar-refractivity contribution < 1.29 is 41.7 Å². The van der Waals surface area contributed by atoms with Gasteiger partial charge in [-0.15, -0.1) is 0 Å². The number of carbonyl (C=O) groups excluding carboxylic acids is 2. The molecule has 1 aromatic carbocycles. The van der Waals surface area contributed by atoms with Gasteiger partial charge in [-0.2, -0.15) is 13.2 Å². The molecule has 170 valence electrons. The van der Waals surface area contributed by atoms with Crippen LogP contribution in [0, 0.1) is 0 Å². The molecule has 0 atom stereocenters. The average Bonchev–Trinajstić information content (AvgIpc) is 2.78. The van der Waals surface area contributed by atoms with E-state index in [9.17, 15) is 22.8 Å². The summed E-state index contributed by atoms with van der Waals surface area (Å²) in [6.07, 6.45) is -4.00. The first-order valence-corrected chi connectivity index (χ1v) is 9.29. The molecular weight excluding hydrogens is 457 g/mol. The number of rotatable bonds is 5. The van der Waals surface area contributed by atoms with E-state index >= 15 is 0 Å². The molecule has 1 aliphatic heterocycles. The van der Waals surface area contributed by atoms with Crippen LogP contribution in [0.15, 0.2) is 47.8 Å². The first-order valence-electron chi connectivity index (χ1n) is 8.91. The molecule has 0 unspecified atom stereocenters. The smallest absolute Gasteiger partial charge is 0.417 e. The first kappa shape index (κ1) is 23.4. The molecule has 0 aliphatic carbocycles. The van der Waals surface area contributed by atoms with Crippen LogP contribution in [0.3, 0.4) is 0 Å². The van der Waals surface area contributed by atoms with E-state index in [1.165, 1.54) is 24.1 Å². The molecule has 0 radical (unpaired) electrons. The van der Waals surface area contributed by atoms with Gasteiger partial charge in [-0.3, -0.25) is 0 Å². The van der Waals surface area contributed by atoms with Crippen LogP contribution in [0.25, 0.3) is 0 Å².